The van der Waals surface area contributed by atoms with Gasteiger partial charge in [-0.1, -0.05) is 0 Å². The molecule has 0 unspecified atom stereocenters. The standard InChI is InChI=1S/C11H14N4O2/c12-5-1-2-6-14-10-7-9(8-13)3-4-11(10)15(16)17/h3-4,7,14H,1-2,5-6,12H2/p+1. The fourth-order valence-corrected chi connectivity index (χ4v) is 1.43. The zero-order valence-corrected chi connectivity index (χ0v) is 9.48. The number of nitro groups is 1. The Kier molecular flexibility index (Phi) is 4.91. The van der Waals surface area contributed by atoms with Crippen LogP contribution in [-0.2, 0) is 0 Å². The van der Waals surface area contributed by atoms with E-state index in [0.717, 1.165) is 19.4 Å². The summed E-state index contributed by atoms with van der Waals surface area (Å²) in [6.07, 6.45) is 1.87. The molecule has 17 heavy (non-hydrogen) atoms. The third-order valence-electron chi connectivity index (χ3n) is 2.31. The number of unbranched alkanes of at least 4 members (excludes halogenated alkanes) is 1. The van der Waals surface area contributed by atoms with Crippen LogP contribution in [-0.4, -0.2) is 18.0 Å². The minimum absolute atomic E-state index is 0.00127. The van der Waals surface area contributed by atoms with Gasteiger partial charge in [0.05, 0.1) is 23.1 Å². The third-order valence-corrected chi connectivity index (χ3v) is 2.31. The first-order valence-corrected chi connectivity index (χ1v) is 5.40. The summed E-state index contributed by atoms with van der Waals surface area (Å²) in [5.41, 5.74) is 4.54. The number of nitrogens with one attached hydrogen (secondary N) is 1. The molecular formula is C11H15N4O2+. The minimum atomic E-state index is -0.454. The lowest BCUT2D eigenvalue weighted by Crippen LogP contribution is -2.50. The highest BCUT2D eigenvalue weighted by Crippen LogP contribution is 2.25. The zero-order chi connectivity index (χ0) is 12.7. The summed E-state index contributed by atoms with van der Waals surface area (Å²) in [7, 11) is 0. The monoisotopic (exact) mass is 235 g/mol. The van der Waals surface area contributed by atoms with Crippen molar-refractivity contribution in [3.05, 3.63) is 33.9 Å². The number of anilines is 1. The van der Waals surface area contributed by atoms with Crippen molar-refractivity contribution in [2.24, 2.45) is 0 Å². The van der Waals surface area contributed by atoms with Gasteiger partial charge >= 0.3 is 0 Å². The van der Waals surface area contributed by atoms with Crippen LogP contribution in [0.1, 0.15) is 18.4 Å². The molecular weight excluding hydrogens is 220 g/mol. The normalized spacial score (nSPS) is 9.65. The minimum Gasteiger partial charge on any atom is -0.379 e. The van der Waals surface area contributed by atoms with Crippen LogP contribution in [0.3, 0.4) is 0 Å². The predicted octanol–water partition coefficient (Wildman–Crippen LogP) is 0.900. The number of benzene rings is 1. The van der Waals surface area contributed by atoms with Crippen LogP contribution < -0.4 is 11.1 Å². The molecule has 6 nitrogen and oxygen atoms in total. The van der Waals surface area contributed by atoms with E-state index in [2.05, 4.69) is 11.1 Å². The van der Waals surface area contributed by atoms with Crippen molar-refractivity contribution in [2.45, 2.75) is 12.8 Å². The fourth-order valence-electron chi connectivity index (χ4n) is 1.43. The van der Waals surface area contributed by atoms with Gasteiger partial charge < -0.3 is 11.1 Å². The van der Waals surface area contributed by atoms with Crippen LogP contribution >= 0.6 is 0 Å². The molecule has 0 amide bonds. The maximum absolute atomic E-state index is 10.8. The summed E-state index contributed by atoms with van der Waals surface area (Å²) in [4.78, 5) is 10.3. The van der Waals surface area contributed by atoms with Crippen LogP contribution in [0.5, 0.6) is 0 Å². The largest absolute Gasteiger partial charge is 0.379 e. The average molecular weight is 235 g/mol. The van der Waals surface area contributed by atoms with Gasteiger partial charge in [-0.15, -0.1) is 0 Å². The number of nitro benzene ring substituents is 1. The van der Waals surface area contributed by atoms with Crippen LogP contribution in [0.15, 0.2) is 18.2 Å². The topological polar surface area (TPSA) is 107 Å². The molecule has 0 spiro atoms. The molecule has 0 saturated heterocycles. The van der Waals surface area contributed by atoms with Gasteiger partial charge in [0.15, 0.2) is 0 Å². The molecule has 0 aromatic heterocycles. The van der Waals surface area contributed by atoms with E-state index in [1.807, 2.05) is 6.07 Å². The van der Waals surface area contributed by atoms with Crippen molar-refractivity contribution in [3.63, 3.8) is 0 Å². The van der Waals surface area contributed by atoms with Gasteiger partial charge in [-0.3, -0.25) is 10.1 Å². The van der Waals surface area contributed by atoms with Crippen LogP contribution in [0.25, 0.3) is 0 Å². The van der Waals surface area contributed by atoms with E-state index in [4.69, 9.17) is 5.26 Å². The van der Waals surface area contributed by atoms with Gasteiger partial charge in [0, 0.05) is 12.6 Å². The third kappa shape index (κ3) is 3.74. The maximum Gasteiger partial charge on any atom is 0.292 e. The van der Waals surface area contributed by atoms with Crippen molar-refractivity contribution in [3.8, 4) is 6.07 Å². The number of nitrogens with zero attached hydrogens (tertiary/aromatic N) is 2. The smallest absolute Gasteiger partial charge is 0.292 e. The first kappa shape index (κ1) is 12.9. The van der Waals surface area contributed by atoms with E-state index < -0.39 is 4.92 Å². The Bertz CT molecular complexity index is 440. The Hall–Kier alpha value is -2.13. The van der Waals surface area contributed by atoms with Crippen molar-refractivity contribution < 1.29 is 10.7 Å². The maximum atomic E-state index is 10.8. The lowest BCUT2D eigenvalue weighted by Gasteiger charge is -2.06. The van der Waals surface area contributed by atoms with Gasteiger partial charge in [0.2, 0.25) is 0 Å². The molecule has 0 aliphatic carbocycles. The highest BCUT2D eigenvalue weighted by Gasteiger charge is 2.13. The lowest BCUT2D eigenvalue weighted by molar-refractivity contribution is -0.384. The van der Waals surface area contributed by atoms with Crippen LogP contribution in [0, 0.1) is 21.4 Å². The first-order valence-electron chi connectivity index (χ1n) is 5.40. The number of nitriles is 1. The summed E-state index contributed by atoms with van der Waals surface area (Å²) >= 11 is 0. The number of hydrogen-bond acceptors (Lipinski definition) is 4. The second-order valence-electron chi connectivity index (χ2n) is 3.59. The second kappa shape index (κ2) is 6.45. The van der Waals surface area contributed by atoms with Gasteiger partial charge in [0.25, 0.3) is 5.69 Å². The van der Waals surface area contributed by atoms with Crippen LogP contribution in [0.2, 0.25) is 0 Å². The van der Waals surface area contributed by atoms with Crippen molar-refractivity contribution >= 4 is 11.4 Å². The summed E-state index contributed by atoms with van der Waals surface area (Å²) in [5.74, 6) is 0. The molecule has 0 aliphatic heterocycles. The molecule has 90 valence electrons. The number of quaternary nitrogens is 1. The van der Waals surface area contributed by atoms with Crippen molar-refractivity contribution in [2.75, 3.05) is 18.4 Å². The van der Waals surface area contributed by atoms with E-state index in [1.165, 1.54) is 18.2 Å². The van der Waals surface area contributed by atoms with E-state index in [9.17, 15) is 10.1 Å². The summed E-state index contributed by atoms with van der Waals surface area (Å²) in [6.45, 7) is 1.49. The quantitative estimate of drug-likeness (QED) is 0.434. The molecule has 0 bridgehead atoms. The molecule has 0 radical (unpaired) electrons. The Morgan fingerprint density at radius 2 is 2.24 bits per heavy atom. The predicted molar refractivity (Wildman–Crippen MR) is 63.3 cm³/mol. The van der Waals surface area contributed by atoms with E-state index >= 15 is 0 Å². The molecule has 1 rings (SSSR count). The van der Waals surface area contributed by atoms with E-state index in [0.29, 0.717) is 17.8 Å². The lowest BCUT2D eigenvalue weighted by atomic mass is 10.2. The molecule has 4 N–H and O–H groups in total. The van der Waals surface area contributed by atoms with E-state index in [1.54, 1.807) is 0 Å². The molecule has 1 aromatic carbocycles. The molecule has 0 saturated carbocycles. The Morgan fingerprint density at radius 1 is 1.47 bits per heavy atom. The van der Waals surface area contributed by atoms with Gasteiger partial charge in [-0.05, 0) is 25.0 Å². The van der Waals surface area contributed by atoms with Crippen molar-refractivity contribution in [1.29, 1.82) is 5.26 Å². The number of rotatable bonds is 6. The molecule has 0 atom stereocenters. The number of hydrogen-bond donors (Lipinski definition) is 2. The second-order valence-corrected chi connectivity index (χ2v) is 3.59. The molecule has 0 aliphatic rings. The van der Waals surface area contributed by atoms with Gasteiger partial charge in [-0.2, -0.15) is 5.26 Å². The Morgan fingerprint density at radius 3 is 2.82 bits per heavy atom. The summed E-state index contributed by atoms with van der Waals surface area (Å²) < 4.78 is 0. The zero-order valence-electron chi connectivity index (χ0n) is 9.48. The summed E-state index contributed by atoms with van der Waals surface area (Å²) in [6, 6.07) is 6.26. The highest BCUT2D eigenvalue weighted by atomic mass is 16.6. The van der Waals surface area contributed by atoms with Crippen molar-refractivity contribution in [1.82, 2.24) is 0 Å². The molecule has 1 aromatic rings. The van der Waals surface area contributed by atoms with Gasteiger partial charge in [-0.25, -0.2) is 0 Å². The first-order chi connectivity index (χ1) is 8.19. The SMILES string of the molecule is N#Cc1ccc([N+](=O)[O-])c(NCCCC[NH3+])c1. The molecule has 0 heterocycles. The fraction of sp³-hybridized carbons (Fsp3) is 0.364. The van der Waals surface area contributed by atoms with E-state index in [-0.39, 0.29) is 5.69 Å². The highest BCUT2D eigenvalue weighted by molar-refractivity contribution is 5.64. The Labute approximate surface area is 99.2 Å². The Balaban J connectivity index is 2.79. The van der Waals surface area contributed by atoms with Gasteiger partial charge in [0.1, 0.15) is 5.69 Å². The molecule has 0 fully saturated rings. The summed E-state index contributed by atoms with van der Waals surface area (Å²) in [5, 5.41) is 22.5. The average Bonchev–Trinajstić information content (AvgIpc) is 2.34. The molecule has 6 heteroatoms. The van der Waals surface area contributed by atoms with Crippen LogP contribution in [0.4, 0.5) is 11.4 Å².